The molecule has 1 fully saturated rings. The normalized spacial score (nSPS) is 17.6. The average molecular weight is 279 g/mol. The quantitative estimate of drug-likeness (QED) is 0.261. The van der Waals surface area contributed by atoms with Gasteiger partial charge in [0.15, 0.2) is 0 Å². The standard InChI is InChI=1S/C18H33NO/c1-2-3-4-5-6-7-8-9-11-14-18(19-17-20)15-12-10-13-16-18/h2-16H2,1H3. The molecule has 20 heavy (non-hydrogen) atoms. The summed E-state index contributed by atoms with van der Waals surface area (Å²) in [4.78, 5) is 14.8. The lowest BCUT2D eigenvalue weighted by Gasteiger charge is -2.32. The third kappa shape index (κ3) is 7.24. The molecular weight excluding hydrogens is 246 g/mol. The highest BCUT2D eigenvalue weighted by atomic mass is 16.1. The molecular formula is C18H33NO. The van der Waals surface area contributed by atoms with E-state index < -0.39 is 0 Å². The Morgan fingerprint density at radius 3 is 1.95 bits per heavy atom. The van der Waals surface area contributed by atoms with Gasteiger partial charge in [-0.05, 0) is 19.3 Å². The molecule has 0 amide bonds. The third-order valence-corrected chi connectivity index (χ3v) is 4.81. The second kappa shape index (κ2) is 11.1. The number of carbonyl (C=O) groups excluding carboxylic acids is 1. The van der Waals surface area contributed by atoms with Crippen LogP contribution in [0, 0.1) is 0 Å². The highest BCUT2D eigenvalue weighted by Gasteiger charge is 2.30. The van der Waals surface area contributed by atoms with Gasteiger partial charge in [0.1, 0.15) is 0 Å². The summed E-state index contributed by atoms with van der Waals surface area (Å²) in [5, 5.41) is 0. The molecule has 0 aromatic carbocycles. The molecule has 0 unspecified atom stereocenters. The highest BCUT2D eigenvalue weighted by molar-refractivity contribution is 5.35. The summed E-state index contributed by atoms with van der Waals surface area (Å²) >= 11 is 0. The Morgan fingerprint density at radius 2 is 1.40 bits per heavy atom. The van der Waals surface area contributed by atoms with Crippen LogP contribution in [0.1, 0.15) is 103 Å². The molecule has 0 atom stereocenters. The lowest BCUT2D eigenvalue weighted by molar-refractivity contribution is 0.271. The van der Waals surface area contributed by atoms with Gasteiger partial charge in [-0.3, -0.25) is 0 Å². The van der Waals surface area contributed by atoms with Gasteiger partial charge in [0.25, 0.3) is 0 Å². The first-order valence-corrected chi connectivity index (χ1v) is 8.92. The predicted molar refractivity (Wildman–Crippen MR) is 85.8 cm³/mol. The molecule has 116 valence electrons. The summed E-state index contributed by atoms with van der Waals surface area (Å²) in [6.45, 7) is 2.27. The van der Waals surface area contributed by atoms with Crippen LogP contribution in [0.25, 0.3) is 0 Å². The van der Waals surface area contributed by atoms with Crippen molar-refractivity contribution in [3.05, 3.63) is 0 Å². The Morgan fingerprint density at radius 1 is 0.850 bits per heavy atom. The van der Waals surface area contributed by atoms with E-state index in [2.05, 4.69) is 11.9 Å². The van der Waals surface area contributed by atoms with Crippen LogP contribution in [0.4, 0.5) is 0 Å². The third-order valence-electron chi connectivity index (χ3n) is 4.81. The van der Waals surface area contributed by atoms with E-state index in [0.717, 1.165) is 19.3 Å². The van der Waals surface area contributed by atoms with Gasteiger partial charge < -0.3 is 0 Å². The van der Waals surface area contributed by atoms with Crippen LogP contribution < -0.4 is 0 Å². The van der Waals surface area contributed by atoms with Gasteiger partial charge >= 0.3 is 0 Å². The molecule has 1 aliphatic carbocycles. The van der Waals surface area contributed by atoms with Gasteiger partial charge in [-0.1, -0.05) is 84.0 Å². The van der Waals surface area contributed by atoms with Gasteiger partial charge in [-0.2, -0.15) is 4.99 Å². The molecule has 0 saturated heterocycles. The average Bonchev–Trinajstić information content (AvgIpc) is 2.47. The van der Waals surface area contributed by atoms with Gasteiger partial charge in [0.05, 0.1) is 5.54 Å². The summed E-state index contributed by atoms with van der Waals surface area (Å²) < 4.78 is 0. The van der Waals surface area contributed by atoms with Crippen molar-refractivity contribution in [1.82, 2.24) is 0 Å². The highest BCUT2D eigenvalue weighted by Crippen LogP contribution is 2.35. The number of unbranched alkanes of at least 4 members (excludes halogenated alkanes) is 8. The SMILES string of the molecule is CCCCCCCCCCCC1(N=C=O)CCCCC1. The Bertz CT molecular complexity index is 275. The first kappa shape index (κ1) is 17.4. The van der Waals surface area contributed by atoms with E-state index in [1.54, 1.807) is 0 Å². The first-order valence-electron chi connectivity index (χ1n) is 8.92. The fourth-order valence-corrected chi connectivity index (χ4v) is 3.49. The molecule has 0 radical (unpaired) electrons. The maximum absolute atomic E-state index is 10.6. The van der Waals surface area contributed by atoms with Crippen molar-refractivity contribution in [2.24, 2.45) is 4.99 Å². The molecule has 1 aliphatic rings. The minimum atomic E-state index is -0.0267. The van der Waals surface area contributed by atoms with Crippen molar-refractivity contribution in [2.45, 2.75) is 109 Å². The predicted octanol–water partition coefficient (Wildman–Crippen LogP) is 5.95. The van der Waals surface area contributed by atoms with E-state index in [1.807, 2.05) is 6.08 Å². The van der Waals surface area contributed by atoms with Crippen LogP contribution in [0.2, 0.25) is 0 Å². The second-order valence-corrected chi connectivity index (χ2v) is 6.57. The Hall–Kier alpha value is -0.620. The number of hydrogen-bond donors (Lipinski definition) is 0. The molecule has 0 aromatic rings. The minimum absolute atomic E-state index is 0.0267. The topological polar surface area (TPSA) is 29.4 Å². The number of hydrogen-bond acceptors (Lipinski definition) is 2. The lowest BCUT2D eigenvalue weighted by atomic mass is 9.78. The zero-order valence-electron chi connectivity index (χ0n) is 13.5. The van der Waals surface area contributed by atoms with Crippen LogP contribution in [0.3, 0.4) is 0 Å². The monoisotopic (exact) mass is 279 g/mol. The summed E-state index contributed by atoms with van der Waals surface area (Å²) in [7, 11) is 0. The van der Waals surface area contributed by atoms with Crippen molar-refractivity contribution in [2.75, 3.05) is 0 Å². The number of isocyanates is 1. The summed E-state index contributed by atoms with van der Waals surface area (Å²) in [6.07, 6.45) is 21.2. The van der Waals surface area contributed by atoms with Crippen molar-refractivity contribution in [1.29, 1.82) is 0 Å². The zero-order chi connectivity index (χ0) is 14.5. The molecule has 0 N–H and O–H groups in total. The van der Waals surface area contributed by atoms with Crippen LogP contribution in [-0.2, 0) is 4.79 Å². The van der Waals surface area contributed by atoms with E-state index in [0.29, 0.717) is 0 Å². The van der Waals surface area contributed by atoms with Gasteiger partial charge in [0.2, 0.25) is 6.08 Å². The molecule has 0 aliphatic heterocycles. The van der Waals surface area contributed by atoms with E-state index in [4.69, 9.17) is 0 Å². The number of nitrogens with zero attached hydrogens (tertiary/aromatic N) is 1. The Balaban J connectivity index is 2.05. The molecule has 2 nitrogen and oxygen atoms in total. The summed E-state index contributed by atoms with van der Waals surface area (Å²) in [5.74, 6) is 0. The van der Waals surface area contributed by atoms with Gasteiger partial charge in [-0.25, -0.2) is 4.79 Å². The fourth-order valence-electron chi connectivity index (χ4n) is 3.49. The number of rotatable bonds is 11. The molecule has 0 bridgehead atoms. The van der Waals surface area contributed by atoms with E-state index in [-0.39, 0.29) is 5.54 Å². The van der Waals surface area contributed by atoms with Crippen molar-refractivity contribution in [3.63, 3.8) is 0 Å². The van der Waals surface area contributed by atoms with Crippen molar-refractivity contribution < 1.29 is 4.79 Å². The maximum atomic E-state index is 10.6. The van der Waals surface area contributed by atoms with E-state index in [1.165, 1.54) is 77.0 Å². The molecule has 0 aromatic heterocycles. The molecule has 0 heterocycles. The van der Waals surface area contributed by atoms with Crippen molar-refractivity contribution >= 4 is 6.08 Å². The van der Waals surface area contributed by atoms with E-state index in [9.17, 15) is 4.79 Å². The minimum Gasteiger partial charge on any atom is -0.211 e. The van der Waals surface area contributed by atoms with Gasteiger partial charge in [-0.15, -0.1) is 0 Å². The summed E-state index contributed by atoms with van der Waals surface area (Å²) in [5.41, 5.74) is -0.0267. The molecule has 2 heteroatoms. The van der Waals surface area contributed by atoms with Crippen LogP contribution >= 0.6 is 0 Å². The lowest BCUT2D eigenvalue weighted by Crippen LogP contribution is -2.29. The number of aliphatic imine (C=N–C) groups is 1. The van der Waals surface area contributed by atoms with Crippen LogP contribution in [0.15, 0.2) is 4.99 Å². The molecule has 0 spiro atoms. The summed E-state index contributed by atoms with van der Waals surface area (Å²) in [6, 6.07) is 0. The van der Waals surface area contributed by atoms with Crippen molar-refractivity contribution in [3.8, 4) is 0 Å². The largest absolute Gasteiger partial charge is 0.235 e. The zero-order valence-corrected chi connectivity index (χ0v) is 13.5. The second-order valence-electron chi connectivity index (χ2n) is 6.57. The fraction of sp³-hybridized carbons (Fsp3) is 0.944. The van der Waals surface area contributed by atoms with Crippen LogP contribution in [-0.4, -0.2) is 11.6 Å². The maximum Gasteiger partial charge on any atom is 0.235 e. The molecule has 1 rings (SSSR count). The Kier molecular flexibility index (Phi) is 9.66. The smallest absolute Gasteiger partial charge is 0.211 e. The first-order chi connectivity index (χ1) is 9.83. The van der Waals surface area contributed by atoms with Gasteiger partial charge in [0, 0.05) is 0 Å². The Labute approximate surface area is 125 Å². The van der Waals surface area contributed by atoms with E-state index >= 15 is 0 Å². The molecule has 1 saturated carbocycles. The van der Waals surface area contributed by atoms with Crippen LogP contribution in [0.5, 0.6) is 0 Å².